The van der Waals surface area contributed by atoms with Crippen molar-refractivity contribution >= 4 is 15.7 Å². The third-order valence-electron chi connectivity index (χ3n) is 4.35. The molecular weight excluding hydrogens is 380 g/mol. The van der Waals surface area contributed by atoms with E-state index in [1.807, 2.05) is 13.8 Å². The van der Waals surface area contributed by atoms with E-state index < -0.39 is 15.1 Å². The molecule has 1 amide bonds. The van der Waals surface area contributed by atoms with E-state index in [-0.39, 0.29) is 23.3 Å². The van der Waals surface area contributed by atoms with Crippen molar-refractivity contribution in [3.05, 3.63) is 48.3 Å². The van der Waals surface area contributed by atoms with Crippen LogP contribution in [0.1, 0.15) is 31.1 Å². The minimum Gasteiger partial charge on any atom is -0.486 e. The summed E-state index contributed by atoms with van der Waals surface area (Å²) in [4.78, 5) is 16.2. The maximum Gasteiger partial charge on any atom is 0.220 e. The van der Waals surface area contributed by atoms with Gasteiger partial charge in [0.15, 0.2) is 21.3 Å². The first-order chi connectivity index (χ1) is 13.4. The Hall–Kier alpha value is -2.61. The van der Waals surface area contributed by atoms with E-state index in [2.05, 4.69) is 10.3 Å². The van der Waals surface area contributed by atoms with Gasteiger partial charge in [-0.3, -0.25) is 9.78 Å². The molecule has 2 heterocycles. The maximum absolute atomic E-state index is 13.4. The first kappa shape index (κ1) is 20.1. The fourth-order valence-corrected chi connectivity index (χ4v) is 4.65. The molecule has 150 valence electrons. The molecule has 0 radical (unpaired) electrons. The highest BCUT2D eigenvalue weighted by atomic mass is 32.2. The highest BCUT2D eigenvalue weighted by molar-refractivity contribution is 7.91. The summed E-state index contributed by atoms with van der Waals surface area (Å²) < 4.78 is 37.7. The second-order valence-electron chi connectivity index (χ2n) is 7.03. The Morgan fingerprint density at radius 1 is 1.18 bits per heavy atom. The lowest BCUT2D eigenvalue weighted by Gasteiger charge is -2.22. The topological polar surface area (TPSA) is 94.6 Å². The SMILES string of the molecule is CC(C)CC(=O)NC[C@H](c1cccnc1)S(=O)(=O)c1ccc2c(c1)OCCO2. The summed E-state index contributed by atoms with van der Waals surface area (Å²) in [5.41, 5.74) is 0.516. The van der Waals surface area contributed by atoms with Gasteiger partial charge in [0.05, 0.1) is 4.90 Å². The molecule has 8 heteroatoms. The van der Waals surface area contributed by atoms with Crippen LogP contribution in [0.3, 0.4) is 0 Å². The van der Waals surface area contributed by atoms with E-state index >= 15 is 0 Å². The van der Waals surface area contributed by atoms with Crippen LogP contribution in [-0.2, 0) is 14.6 Å². The zero-order valence-electron chi connectivity index (χ0n) is 15.9. The van der Waals surface area contributed by atoms with Gasteiger partial charge in [0.1, 0.15) is 18.5 Å². The second kappa shape index (κ2) is 8.60. The Labute approximate surface area is 165 Å². The monoisotopic (exact) mass is 404 g/mol. The van der Waals surface area contributed by atoms with Crippen LogP contribution in [0.25, 0.3) is 0 Å². The zero-order chi connectivity index (χ0) is 20.1. The van der Waals surface area contributed by atoms with E-state index in [1.54, 1.807) is 24.4 Å². The molecule has 2 aromatic rings. The largest absolute Gasteiger partial charge is 0.486 e. The van der Waals surface area contributed by atoms with Crippen molar-refractivity contribution in [2.45, 2.75) is 30.4 Å². The van der Waals surface area contributed by atoms with E-state index in [4.69, 9.17) is 9.47 Å². The number of aromatic nitrogens is 1. The molecular formula is C20H24N2O5S. The Balaban J connectivity index is 1.91. The molecule has 1 atom stereocenters. The smallest absolute Gasteiger partial charge is 0.220 e. The number of ether oxygens (including phenoxy) is 2. The van der Waals surface area contributed by atoms with Crippen LogP contribution in [0.5, 0.6) is 11.5 Å². The molecule has 0 fully saturated rings. The molecule has 1 N–H and O–H groups in total. The Morgan fingerprint density at radius 2 is 1.93 bits per heavy atom. The normalized spacial score (nSPS) is 14.5. The number of rotatable bonds is 7. The first-order valence-electron chi connectivity index (χ1n) is 9.18. The molecule has 3 rings (SSSR count). The summed E-state index contributed by atoms with van der Waals surface area (Å²) in [6.45, 7) is 4.63. The zero-order valence-corrected chi connectivity index (χ0v) is 16.7. The van der Waals surface area contributed by atoms with Gasteiger partial charge in [-0.1, -0.05) is 19.9 Å². The summed E-state index contributed by atoms with van der Waals surface area (Å²) >= 11 is 0. The lowest BCUT2D eigenvalue weighted by molar-refractivity contribution is -0.121. The van der Waals surface area contributed by atoms with E-state index in [1.165, 1.54) is 18.3 Å². The summed E-state index contributed by atoms with van der Waals surface area (Å²) in [5.74, 6) is 0.932. The molecule has 1 aliphatic rings. The number of amides is 1. The molecule has 0 saturated heterocycles. The van der Waals surface area contributed by atoms with E-state index in [0.717, 1.165) is 0 Å². The molecule has 1 aromatic carbocycles. The third kappa shape index (κ3) is 4.62. The van der Waals surface area contributed by atoms with Crippen molar-refractivity contribution in [2.24, 2.45) is 5.92 Å². The number of carbonyl (C=O) groups is 1. The van der Waals surface area contributed by atoms with Crippen LogP contribution in [0, 0.1) is 5.92 Å². The number of sulfone groups is 1. The van der Waals surface area contributed by atoms with Gasteiger partial charge in [-0.15, -0.1) is 0 Å². The number of benzene rings is 1. The fraction of sp³-hybridized carbons (Fsp3) is 0.400. The van der Waals surface area contributed by atoms with Gasteiger partial charge in [0, 0.05) is 31.4 Å². The molecule has 0 bridgehead atoms. The highest BCUT2D eigenvalue weighted by Gasteiger charge is 2.31. The number of fused-ring (bicyclic) bond motifs is 1. The van der Waals surface area contributed by atoms with Crippen molar-refractivity contribution in [3.8, 4) is 11.5 Å². The number of hydrogen-bond donors (Lipinski definition) is 1. The average molecular weight is 404 g/mol. The van der Waals surface area contributed by atoms with Crippen LogP contribution in [-0.4, -0.2) is 39.1 Å². The Morgan fingerprint density at radius 3 is 2.61 bits per heavy atom. The van der Waals surface area contributed by atoms with Crippen molar-refractivity contribution in [3.63, 3.8) is 0 Å². The molecule has 1 aliphatic heterocycles. The van der Waals surface area contributed by atoms with E-state index in [9.17, 15) is 13.2 Å². The number of pyridine rings is 1. The van der Waals surface area contributed by atoms with Crippen LogP contribution >= 0.6 is 0 Å². The summed E-state index contributed by atoms with van der Waals surface area (Å²) in [5, 5.41) is 1.79. The van der Waals surface area contributed by atoms with Gasteiger partial charge in [-0.05, 0) is 29.7 Å². The predicted molar refractivity (Wildman–Crippen MR) is 104 cm³/mol. The van der Waals surface area contributed by atoms with Crippen molar-refractivity contribution in [1.82, 2.24) is 10.3 Å². The summed E-state index contributed by atoms with van der Waals surface area (Å²) in [6.07, 6.45) is 3.42. The van der Waals surface area contributed by atoms with Crippen molar-refractivity contribution < 1.29 is 22.7 Å². The summed E-state index contributed by atoms with van der Waals surface area (Å²) in [7, 11) is -3.80. The van der Waals surface area contributed by atoms with Gasteiger partial charge in [-0.2, -0.15) is 0 Å². The molecule has 0 saturated carbocycles. The van der Waals surface area contributed by atoms with Crippen LogP contribution in [0.2, 0.25) is 0 Å². The first-order valence-corrected chi connectivity index (χ1v) is 10.7. The third-order valence-corrected chi connectivity index (χ3v) is 6.45. The van der Waals surface area contributed by atoms with E-state index in [0.29, 0.717) is 36.7 Å². The highest BCUT2D eigenvalue weighted by Crippen LogP contribution is 2.36. The van der Waals surface area contributed by atoms with Crippen LogP contribution in [0.4, 0.5) is 0 Å². The molecule has 1 aromatic heterocycles. The molecule has 7 nitrogen and oxygen atoms in total. The minimum atomic E-state index is -3.80. The molecule has 28 heavy (non-hydrogen) atoms. The molecule has 0 unspecified atom stereocenters. The standard InChI is InChI=1S/C20H24N2O5S/c1-14(2)10-20(23)22-13-19(15-4-3-7-21-12-15)28(24,25)16-5-6-17-18(11-16)27-9-8-26-17/h3-7,11-12,14,19H,8-10,13H2,1-2H3,(H,22,23)/t19-/m1/s1. The van der Waals surface area contributed by atoms with Gasteiger partial charge < -0.3 is 14.8 Å². The van der Waals surface area contributed by atoms with Crippen LogP contribution < -0.4 is 14.8 Å². The van der Waals surface area contributed by atoms with Gasteiger partial charge in [0.2, 0.25) is 5.91 Å². The number of nitrogens with zero attached hydrogens (tertiary/aromatic N) is 1. The van der Waals surface area contributed by atoms with Gasteiger partial charge in [-0.25, -0.2) is 8.42 Å². The quantitative estimate of drug-likeness (QED) is 0.762. The number of nitrogens with one attached hydrogen (secondary N) is 1. The molecule has 0 spiro atoms. The molecule has 0 aliphatic carbocycles. The lowest BCUT2D eigenvalue weighted by atomic mass is 10.1. The number of hydrogen-bond acceptors (Lipinski definition) is 6. The fourth-order valence-electron chi connectivity index (χ4n) is 2.99. The Kier molecular flexibility index (Phi) is 6.18. The lowest BCUT2D eigenvalue weighted by Crippen LogP contribution is -2.32. The van der Waals surface area contributed by atoms with Crippen molar-refractivity contribution in [2.75, 3.05) is 19.8 Å². The van der Waals surface area contributed by atoms with Gasteiger partial charge >= 0.3 is 0 Å². The van der Waals surface area contributed by atoms with Crippen molar-refractivity contribution in [1.29, 1.82) is 0 Å². The second-order valence-corrected chi connectivity index (χ2v) is 9.16. The minimum absolute atomic E-state index is 0.0337. The average Bonchev–Trinajstić information content (AvgIpc) is 2.68. The Bertz CT molecular complexity index is 929. The van der Waals surface area contributed by atoms with Crippen LogP contribution in [0.15, 0.2) is 47.6 Å². The number of carbonyl (C=O) groups excluding carboxylic acids is 1. The summed E-state index contributed by atoms with van der Waals surface area (Å²) in [6, 6.07) is 7.95. The van der Waals surface area contributed by atoms with Gasteiger partial charge in [0.25, 0.3) is 0 Å². The maximum atomic E-state index is 13.4. The predicted octanol–water partition coefficient (Wildman–Crippen LogP) is 2.53.